The maximum atomic E-state index is 13.0. The Kier molecular flexibility index (Phi) is 7.56. The zero-order valence-corrected chi connectivity index (χ0v) is 21.2. The number of rotatable bonds is 9. The Bertz CT molecular complexity index is 1250. The number of amides is 2. The van der Waals surface area contributed by atoms with Crippen molar-refractivity contribution in [3.63, 3.8) is 0 Å². The van der Waals surface area contributed by atoms with Crippen molar-refractivity contribution >= 4 is 17.5 Å². The topological polar surface area (TPSA) is 101 Å². The summed E-state index contributed by atoms with van der Waals surface area (Å²) in [5.74, 6) is 0.980. The standard InChI is InChI=1S/C31H36N4O2/c32-28-9-5-4-8-24(28)27-18-21(10-12-25(27)31(33)37)11-13-30(36)35-16-14-22(15-17-35)20-34-29-19-26(29)23-6-2-1-3-7-23/h1-10,12,18,22,26,29,34H,11,13-17,19-20,32H2,(H2,33,37). The maximum absolute atomic E-state index is 13.0. The quantitative estimate of drug-likeness (QED) is 0.383. The molecule has 6 heteroatoms. The van der Waals surface area contributed by atoms with Gasteiger partial charge in [0.05, 0.1) is 0 Å². The molecule has 1 saturated carbocycles. The zero-order chi connectivity index (χ0) is 25.8. The molecule has 0 bridgehead atoms. The first kappa shape index (κ1) is 25.0. The molecule has 1 aliphatic heterocycles. The molecule has 192 valence electrons. The maximum Gasteiger partial charge on any atom is 0.249 e. The van der Waals surface area contributed by atoms with Gasteiger partial charge < -0.3 is 21.7 Å². The Labute approximate surface area is 219 Å². The summed E-state index contributed by atoms with van der Waals surface area (Å²) >= 11 is 0. The molecule has 0 aromatic heterocycles. The molecule has 1 aliphatic carbocycles. The third kappa shape index (κ3) is 6.03. The number of nitrogens with zero attached hydrogens (tertiary/aromatic N) is 1. The lowest BCUT2D eigenvalue weighted by atomic mass is 9.94. The molecular formula is C31H36N4O2. The first-order valence-electron chi connectivity index (χ1n) is 13.3. The number of nitrogen functional groups attached to an aromatic ring is 1. The number of para-hydroxylation sites is 1. The number of nitrogens with two attached hydrogens (primary N) is 2. The molecule has 5 rings (SSSR count). The van der Waals surface area contributed by atoms with Crippen molar-refractivity contribution in [2.75, 3.05) is 25.4 Å². The minimum absolute atomic E-state index is 0.192. The number of piperidine rings is 1. The molecule has 5 N–H and O–H groups in total. The number of benzene rings is 3. The van der Waals surface area contributed by atoms with E-state index in [9.17, 15) is 9.59 Å². The van der Waals surface area contributed by atoms with E-state index in [0.29, 0.717) is 47.5 Å². The van der Waals surface area contributed by atoms with Crippen LogP contribution in [0.4, 0.5) is 5.69 Å². The van der Waals surface area contributed by atoms with Gasteiger partial charge in [0.1, 0.15) is 0 Å². The molecule has 0 radical (unpaired) electrons. The van der Waals surface area contributed by atoms with Crippen LogP contribution in [-0.2, 0) is 11.2 Å². The number of carbonyl (C=O) groups is 2. The zero-order valence-electron chi connectivity index (χ0n) is 21.2. The number of anilines is 1. The average molecular weight is 497 g/mol. The van der Waals surface area contributed by atoms with Crippen LogP contribution in [0.1, 0.15) is 53.1 Å². The Hall–Kier alpha value is -3.64. The summed E-state index contributed by atoms with van der Waals surface area (Å²) < 4.78 is 0. The summed E-state index contributed by atoms with van der Waals surface area (Å²) in [6.45, 7) is 2.68. The van der Waals surface area contributed by atoms with Crippen LogP contribution in [0.2, 0.25) is 0 Å². The van der Waals surface area contributed by atoms with Crippen LogP contribution in [0.25, 0.3) is 11.1 Å². The highest BCUT2D eigenvalue weighted by molar-refractivity contribution is 6.01. The van der Waals surface area contributed by atoms with Crippen LogP contribution in [0, 0.1) is 5.92 Å². The normalized spacial score (nSPS) is 19.5. The second-order valence-electron chi connectivity index (χ2n) is 10.4. The molecule has 2 atom stereocenters. The molecule has 6 nitrogen and oxygen atoms in total. The monoisotopic (exact) mass is 496 g/mol. The highest BCUT2D eigenvalue weighted by Gasteiger charge is 2.38. The fourth-order valence-corrected chi connectivity index (χ4v) is 5.53. The van der Waals surface area contributed by atoms with E-state index in [1.165, 1.54) is 12.0 Å². The van der Waals surface area contributed by atoms with Crippen molar-refractivity contribution < 1.29 is 9.59 Å². The van der Waals surface area contributed by atoms with Crippen molar-refractivity contribution in [3.05, 3.63) is 89.5 Å². The number of nitrogens with one attached hydrogen (secondary N) is 1. The highest BCUT2D eigenvalue weighted by Crippen LogP contribution is 2.40. The molecule has 2 amide bonds. The van der Waals surface area contributed by atoms with Gasteiger partial charge in [-0.3, -0.25) is 9.59 Å². The minimum Gasteiger partial charge on any atom is -0.398 e. The molecule has 2 fully saturated rings. The van der Waals surface area contributed by atoms with Gasteiger partial charge in [-0.2, -0.15) is 0 Å². The SMILES string of the molecule is NC(=O)c1ccc(CCC(=O)N2CCC(CNC3CC3c3ccccc3)CC2)cc1-c1ccccc1N. The molecule has 0 spiro atoms. The Balaban J connectivity index is 1.10. The third-order valence-corrected chi connectivity index (χ3v) is 7.88. The predicted octanol–water partition coefficient (Wildman–Crippen LogP) is 4.35. The fourth-order valence-electron chi connectivity index (χ4n) is 5.53. The smallest absolute Gasteiger partial charge is 0.249 e. The van der Waals surface area contributed by atoms with Gasteiger partial charge >= 0.3 is 0 Å². The summed E-state index contributed by atoms with van der Waals surface area (Å²) in [6.07, 6.45) is 4.38. The lowest BCUT2D eigenvalue weighted by molar-refractivity contribution is -0.132. The summed E-state index contributed by atoms with van der Waals surface area (Å²) in [5, 5.41) is 3.76. The van der Waals surface area contributed by atoms with Gasteiger partial charge in [-0.1, -0.05) is 60.7 Å². The Morgan fingerprint density at radius 3 is 2.38 bits per heavy atom. The van der Waals surface area contributed by atoms with E-state index in [2.05, 4.69) is 35.6 Å². The van der Waals surface area contributed by atoms with Gasteiger partial charge in [0.25, 0.3) is 0 Å². The summed E-state index contributed by atoms with van der Waals surface area (Å²) in [5.41, 5.74) is 16.7. The number of hydrogen-bond donors (Lipinski definition) is 3. The summed E-state index contributed by atoms with van der Waals surface area (Å²) in [4.78, 5) is 27.0. The molecule has 1 saturated heterocycles. The first-order chi connectivity index (χ1) is 18.0. The number of hydrogen-bond acceptors (Lipinski definition) is 4. The second-order valence-corrected chi connectivity index (χ2v) is 10.4. The van der Waals surface area contributed by atoms with Crippen molar-refractivity contribution in [1.82, 2.24) is 10.2 Å². The van der Waals surface area contributed by atoms with Crippen LogP contribution < -0.4 is 16.8 Å². The van der Waals surface area contributed by atoms with E-state index < -0.39 is 5.91 Å². The molecule has 2 aliphatic rings. The highest BCUT2D eigenvalue weighted by atomic mass is 16.2. The van der Waals surface area contributed by atoms with Gasteiger partial charge in [-0.15, -0.1) is 0 Å². The predicted molar refractivity (Wildman–Crippen MR) is 148 cm³/mol. The molecule has 3 aromatic carbocycles. The van der Waals surface area contributed by atoms with Crippen molar-refractivity contribution in [1.29, 1.82) is 0 Å². The lowest BCUT2D eigenvalue weighted by Crippen LogP contribution is -2.41. The number of aryl methyl sites for hydroxylation is 1. The lowest BCUT2D eigenvalue weighted by Gasteiger charge is -2.32. The molecule has 1 heterocycles. The first-order valence-corrected chi connectivity index (χ1v) is 13.3. The van der Waals surface area contributed by atoms with Crippen molar-refractivity contribution in [3.8, 4) is 11.1 Å². The fraction of sp³-hybridized carbons (Fsp3) is 0.355. The van der Waals surface area contributed by atoms with Gasteiger partial charge in [-0.05, 0) is 67.0 Å². The largest absolute Gasteiger partial charge is 0.398 e. The van der Waals surface area contributed by atoms with E-state index in [1.807, 2.05) is 41.3 Å². The van der Waals surface area contributed by atoms with Crippen LogP contribution in [0.15, 0.2) is 72.8 Å². The number of likely N-dealkylation sites (tertiary alicyclic amines) is 1. The van der Waals surface area contributed by atoms with Gasteiger partial charge in [0.2, 0.25) is 11.8 Å². The number of carbonyl (C=O) groups excluding carboxylic acids is 2. The van der Waals surface area contributed by atoms with Crippen LogP contribution in [0.5, 0.6) is 0 Å². The van der Waals surface area contributed by atoms with Crippen molar-refractivity contribution in [2.45, 2.75) is 44.1 Å². The van der Waals surface area contributed by atoms with E-state index in [-0.39, 0.29) is 5.91 Å². The second kappa shape index (κ2) is 11.2. The van der Waals surface area contributed by atoms with Crippen molar-refractivity contribution in [2.24, 2.45) is 11.7 Å². The van der Waals surface area contributed by atoms with Crippen LogP contribution in [-0.4, -0.2) is 42.4 Å². The van der Waals surface area contributed by atoms with E-state index in [4.69, 9.17) is 11.5 Å². The van der Waals surface area contributed by atoms with Gasteiger partial charge in [-0.25, -0.2) is 0 Å². The molecule has 2 unspecified atom stereocenters. The third-order valence-electron chi connectivity index (χ3n) is 7.88. The molecular weight excluding hydrogens is 460 g/mol. The van der Waals surface area contributed by atoms with Crippen LogP contribution >= 0.6 is 0 Å². The summed E-state index contributed by atoms with van der Waals surface area (Å²) in [6, 6.07) is 24.4. The molecule has 37 heavy (non-hydrogen) atoms. The van der Waals surface area contributed by atoms with E-state index >= 15 is 0 Å². The van der Waals surface area contributed by atoms with E-state index in [1.54, 1.807) is 6.07 Å². The summed E-state index contributed by atoms with van der Waals surface area (Å²) in [7, 11) is 0. The van der Waals surface area contributed by atoms with Gasteiger partial charge in [0.15, 0.2) is 0 Å². The molecule has 3 aromatic rings. The van der Waals surface area contributed by atoms with Crippen LogP contribution in [0.3, 0.4) is 0 Å². The Morgan fingerprint density at radius 1 is 0.919 bits per heavy atom. The average Bonchev–Trinajstić information content (AvgIpc) is 3.71. The Morgan fingerprint density at radius 2 is 1.65 bits per heavy atom. The van der Waals surface area contributed by atoms with Gasteiger partial charge in [0, 0.05) is 48.3 Å². The number of primary amides is 1. The minimum atomic E-state index is -0.490. The van der Waals surface area contributed by atoms with E-state index in [0.717, 1.165) is 43.6 Å².